The van der Waals surface area contributed by atoms with E-state index < -0.39 is 0 Å². The number of hydrogen-bond acceptors (Lipinski definition) is 6. The largest absolute Gasteiger partial charge is 0.508 e. The van der Waals surface area contributed by atoms with Gasteiger partial charge in [0, 0.05) is 23.7 Å². The summed E-state index contributed by atoms with van der Waals surface area (Å²) in [5.74, 6) is 0.376. The normalized spacial score (nSPS) is 19.5. The molecular formula is C31H36N5O2S+. The van der Waals surface area contributed by atoms with Crippen LogP contribution in [0.15, 0.2) is 58.6 Å². The van der Waals surface area contributed by atoms with Gasteiger partial charge in [0.1, 0.15) is 24.5 Å². The fourth-order valence-corrected chi connectivity index (χ4v) is 6.97. The second-order valence-corrected chi connectivity index (χ2v) is 11.9. The van der Waals surface area contributed by atoms with Gasteiger partial charge in [-0.2, -0.15) is 0 Å². The highest BCUT2D eigenvalue weighted by Gasteiger charge is 2.33. The highest BCUT2D eigenvalue weighted by Crippen LogP contribution is 2.38. The van der Waals surface area contributed by atoms with E-state index in [2.05, 4.69) is 40.2 Å². The van der Waals surface area contributed by atoms with Gasteiger partial charge in [0.2, 0.25) is 5.91 Å². The zero-order chi connectivity index (χ0) is 26.9. The SMILES string of the molecule is CC(C)c1ccc(N(CC2=CC(CCc3csc4[n+]3CCN4)N=C2)C(=O)C2CCCc3c(O)cccc32)cn1. The van der Waals surface area contributed by atoms with E-state index >= 15 is 0 Å². The van der Waals surface area contributed by atoms with Gasteiger partial charge >= 0.3 is 5.13 Å². The van der Waals surface area contributed by atoms with Crippen molar-refractivity contribution >= 4 is 34.3 Å². The number of nitrogens with one attached hydrogen (secondary N) is 1. The maximum Gasteiger partial charge on any atom is 0.334 e. The summed E-state index contributed by atoms with van der Waals surface area (Å²) in [6.45, 7) is 6.74. The third-order valence-corrected chi connectivity index (χ3v) is 9.08. The van der Waals surface area contributed by atoms with Crippen LogP contribution in [0.2, 0.25) is 0 Å². The van der Waals surface area contributed by atoms with Crippen molar-refractivity contribution in [2.75, 3.05) is 23.3 Å². The first kappa shape index (κ1) is 25.7. The van der Waals surface area contributed by atoms with Crippen LogP contribution in [0.3, 0.4) is 0 Å². The van der Waals surface area contributed by atoms with Crippen LogP contribution in [0.4, 0.5) is 10.8 Å². The second-order valence-electron chi connectivity index (χ2n) is 11.0. The van der Waals surface area contributed by atoms with Gasteiger partial charge in [0.05, 0.1) is 30.4 Å². The molecular weight excluding hydrogens is 506 g/mol. The Balaban J connectivity index is 1.23. The van der Waals surface area contributed by atoms with Crippen molar-refractivity contribution in [3.63, 3.8) is 0 Å². The van der Waals surface area contributed by atoms with E-state index in [0.717, 1.165) is 73.3 Å². The van der Waals surface area contributed by atoms with E-state index in [1.165, 1.54) is 10.8 Å². The van der Waals surface area contributed by atoms with Gasteiger partial charge in [-0.3, -0.25) is 20.1 Å². The van der Waals surface area contributed by atoms with Crippen molar-refractivity contribution in [3.8, 4) is 5.75 Å². The molecule has 8 heteroatoms. The monoisotopic (exact) mass is 542 g/mol. The number of aromatic hydroxyl groups is 1. The number of amides is 1. The summed E-state index contributed by atoms with van der Waals surface area (Å²) in [6.07, 6.45) is 10.4. The van der Waals surface area contributed by atoms with Crippen LogP contribution >= 0.6 is 11.3 Å². The van der Waals surface area contributed by atoms with Crippen molar-refractivity contribution in [3.05, 3.63) is 76.1 Å². The molecule has 39 heavy (non-hydrogen) atoms. The van der Waals surface area contributed by atoms with Gasteiger partial charge < -0.3 is 10.0 Å². The van der Waals surface area contributed by atoms with Crippen LogP contribution in [0, 0.1) is 0 Å². The van der Waals surface area contributed by atoms with Gasteiger partial charge in [-0.1, -0.05) is 43.4 Å². The van der Waals surface area contributed by atoms with Gasteiger partial charge in [-0.05, 0) is 66.5 Å². The molecule has 2 atom stereocenters. The Morgan fingerprint density at radius 3 is 3.00 bits per heavy atom. The number of nitrogens with zero attached hydrogens (tertiary/aromatic N) is 4. The Kier molecular flexibility index (Phi) is 7.21. The molecule has 0 bridgehead atoms. The summed E-state index contributed by atoms with van der Waals surface area (Å²) < 4.78 is 2.38. The van der Waals surface area contributed by atoms with E-state index in [1.807, 2.05) is 41.6 Å². The minimum atomic E-state index is -0.285. The number of carbonyl (C=O) groups is 1. The van der Waals surface area contributed by atoms with E-state index in [4.69, 9.17) is 4.99 Å². The molecule has 2 aromatic heterocycles. The highest BCUT2D eigenvalue weighted by atomic mass is 32.1. The summed E-state index contributed by atoms with van der Waals surface area (Å²) in [7, 11) is 0. The standard InChI is InChI=1S/C31H35N5O2S/c1-20(2)28-12-11-23(17-34-28)36(30(38)27-7-3-6-26-25(27)5-4-8-29(26)37)18-21-15-22(33-16-21)9-10-24-19-39-31-32-13-14-35(24)31/h4-5,8,11-12,15-17,19-20,22,27,37H,3,6-7,9-10,13-14,18H2,1-2H3/p+1. The van der Waals surface area contributed by atoms with Crippen molar-refractivity contribution in [2.45, 2.75) is 70.4 Å². The lowest BCUT2D eigenvalue weighted by Crippen LogP contribution is -2.38. The fraction of sp³-hybridized carbons (Fsp3) is 0.419. The number of thiazole rings is 1. The minimum absolute atomic E-state index is 0.0520. The zero-order valence-corrected chi connectivity index (χ0v) is 23.5. The number of pyridine rings is 1. The summed E-state index contributed by atoms with van der Waals surface area (Å²) in [5.41, 5.74) is 6.08. The predicted octanol–water partition coefficient (Wildman–Crippen LogP) is 5.15. The molecule has 1 amide bonds. The number of anilines is 2. The highest BCUT2D eigenvalue weighted by molar-refractivity contribution is 7.13. The molecule has 2 aliphatic heterocycles. The topological polar surface area (TPSA) is 81.7 Å². The zero-order valence-electron chi connectivity index (χ0n) is 22.6. The molecule has 0 spiro atoms. The fourth-order valence-electron chi connectivity index (χ4n) is 5.96. The van der Waals surface area contributed by atoms with Gasteiger partial charge in [-0.15, -0.1) is 0 Å². The number of phenolic OH excluding ortho intramolecular Hbond substituents is 1. The molecule has 0 radical (unpaired) electrons. The average molecular weight is 543 g/mol. The number of fused-ring (bicyclic) bond motifs is 2. The van der Waals surface area contributed by atoms with Gasteiger partial charge in [0.15, 0.2) is 0 Å². The smallest absolute Gasteiger partial charge is 0.334 e. The number of aliphatic imine (C=N–C) groups is 1. The van der Waals surface area contributed by atoms with Crippen LogP contribution in [0.5, 0.6) is 5.75 Å². The average Bonchev–Trinajstić information content (AvgIpc) is 3.69. The van der Waals surface area contributed by atoms with Crippen LogP contribution < -0.4 is 14.8 Å². The summed E-state index contributed by atoms with van der Waals surface area (Å²) in [6, 6.07) is 9.71. The molecule has 2 unspecified atom stereocenters. The van der Waals surface area contributed by atoms with Crippen molar-refractivity contribution in [1.82, 2.24) is 4.98 Å². The van der Waals surface area contributed by atoms with Gasteiger partial charge in [-0.25, -0.2) is 4.57 Å². The van der Waals surface area contributed by atoms with Crippen molar-refractivity contribution < 1.29 is 14.5 Å². The first-order valence-electron chi connectivity index (χ1n) is 14.0. The molecule has 202 valence electrons. The van der Waals surface area contributed by atoms with Crippen LogP contribution in [-0.2, 0) is 24.2 Å². The van der Waals surface area contributed by atoms with Gasteiger partial charge in [0.25, 0.3) is 0 Å². The third kappa shape index (κ3) is 5.22. The molecule has 6 rings (SSSR count). The molecule has 1 aliphatic carbocycles. The Hall–Kier alpha value is -3.52. The lowest BCUT2D eigenvalue weighted by atomic mass is 9.81. The van der Waals surface area contributed by atoms with E-state index in [9.17, 15) is 9.90 Å². The Bertz CT molecular complexity index is 1430. The number of phenols is 1. The Morgan fingerprint density at radius 1 is 1.28 bits per heavy atom. The lowest BCUT2D eigenvalue weighted by Gasteiger charge is -2.31. The summed E-state index contributed by atoms with van der Waals surface area (Å²) >= 11 is 1.78. The molecule has 3 aromatic rings. The predicted molar refractivity (Wildman–Crippen MR) is 156 cm³/mol. The number of carbonyl (C=O) groups excluding carboxylic acids is 1. The first-order chi connectivity index (χ1) is 19.0. The molecule has 0 fully saturated rings. The van der Waals surface area contributed by atoms with Crippen molar-refractivity contribution in [1.29, 1.82) is 0 Å². The third-order valence-electron chi connectivity index (χ3n) is 8.11. The number of aryl methyl sites for hydroxylation is 1. The maximum absolute atomic E-state index is 14.2. The summed E-state index contributed by atoms with van der Waals surface area (Å²) in [5, 5.41) is 17.4. The van der Waals surface area contributed by atoms with Crippen LogP contribution in [0.1, 0.15) is 67.5 Å². The van der Waals surface area contributed by atoms with Crippen LogP contribution in [0.25, 0.3) is 0 Å². The Labute approximate surface area is 233 Å². The quantitative estimate of drug-likeness (QED) is 0.386. The van der Waals surface area contributed by atoms with E-state index in [-0.39, 0.29) is 23.6 Å². The second kappa shape index (κ2) is 10.9. The number of rotatable bonds is 8. The maximum atomic E-state index is 14.2. The van der Waals surface area contributed by atoms with Crippen LogP contribution in [-0.4, -0.2) is 41.3 Å². The lowest BCUT2D eigenvalue weighted by molar-refractivity contribution is -0.674. The Morgan fingerprint density at radius 2 is 2.18 bits per heavy atom. The molecule has 0 saturated heterocycles. The number of benzene rings is 1. The van der Waals surface area contributed by atoms with Crippen molar-refractivity contribution in [2.24, 2.45) is 4.99 Å². The first-order valence-corrected chi connectivity index (χ1v) is 14.9. The van der Waals surface area contributed by atoms with E-state index in [0.29, 0.717) is 12.5 Å². The molecule has 7 nitrogen and oxygen atoms in total. The summed E-state index contributed by atoms with van der Waals surface area (Å²) in [4.78, 5) is 25.5. The molecule has 0 saturated carbocycles. The molecule has 2 N–H and O–H groups in total. The van der Waals surface area contributed by atoms with E-state index in [1.54, 1.807) is 17.4 Å². The minimum Gasteiger partial charge on any atom is -0.508 e. The number of aromatic nitrogens is 2. The molecule has 4 heterocycles. The number of hydrogen-bond donors (Lipinski definition) is 2. The molecule has 1 aromatic carbocycles. The molecule has 3 aliphatic rings.